The van der Waals surface area contributed by atoms with E-state index in [1.807, 2.05) is 68.4 Å². The lowest BCUT2D eigenvalue weighted by atomic mass is 10.1. The van der Waals surface area contributed by atoms with E-state index in [0.29, 0.717) is 30.6 Å². The van der Waals surface area contributed by atoms with Crippen LogP contribution in [0.2, 0.25) is 0 Å². The van der Waals surface area contributed by atoms with Gasteiger partial charge in [-0.2, -0.15) is 0 Å². The number of aliphatic imine (C=N–C) groups is 1. The van der Waals surface area contributed by atoms with Gasteiger partial charge in [0.15, 0.2) is 17.2 Å². The summed E-state index contributed by atoms with van der Waals surface area (Å²) in [5.41, 5.74) is 3.94. The van der Waals surface area contributed by atoms with Crippen LogP contribution in [0.15, 0.2) is 71.4 Å². The van der Waals surface area contributed by atoms with Crippen LogP contribution in [0.4, 0.5) is 0 Å². The Kier molecular flexibility index (Phi) is 7.69. The second kappa shape index (κ2) is 10.7. The van der Waals surface area contributed by atoms with E-state index in [1.165, 1.54) is 0 Å². The van der Waals surface area contributed by atoms with E-state index in [2.05, 4.69) is 56.2 Å². The molecule has 1 aliphatic heterocycles. The van der Waals surface area contributed by atoms with Gasteiger partial charge in [-0.15, -0.1) is 0 Å². The maximum absolute atomic E-state index is 12.5. The monoisotopic (exact) mass is 665 g/mol. The lowest BCUT2D eigenvalue weighted by molar-refractivity contribution is -0.129. The predicted molar refractivity (Wildman–Crippen MR) is 146 cm³/mol. The van der Waals surface area contributed by atoms with Gasteiger partial charge < -0.3 is 14.2 Å². The Morgan fingerprint density at radius 3 is 2.52 bits per heavy atom. The van der Waals surface area contributed by atoms with Crippen molar-refractivity contribution in [3.8, 4) is 11.5 Å². The largest absolute Gasteiger partial charge is 0.490 e. The number of carbonyl (C=O) groups is 1. The van der Waals surface area contributed by atoms with Crippen LogP contribution < -0.4 is 9.47 Å². The molecule has 0 atom stereocenters. The van der Waals surface area contributed by atoms with Crippen molar-refractivity contribution >= 4 is 63.1 Å². The third-order valence-corrected chi connectivity index (χ3v) is 6.81. The molecule has 0 amide bonds. The average molecular weight is 665 g/mol. The van der Waals surface area contributed by atoms with Gasteiger partial charge in [0.1, 0.15) is 6.61 Å². The first-order chi connectivity index (χ1) is 16.0. The van der Waals surface area contributed by atoms with Crippen LogP contribution in [0.5, 0.6) is 11.5 Å². The summed E-state index contributed by atoms with van der Waals surface area (Å²) in [5.74, 6) is 1.15. The van der Waals surface area contributed by atoms with Crippen LogP contribution in [0.3, 0.4) is 0 Å². The fraction of sp³-hybridized carbons (Fsp3) is 0.154. The van der Waals surface area contributed by atoms with Gasteiger partial charge in [-0.1, -0.05) is 36.4 Å². The molecule has 4 rings (SSSR count). The zero-order chi connectivity index (χ0) is 23.4. The number of nitrogens with zero attached hydrogens (tertiary/aromatic N) is 1. The second-order valence-corrected chi connectivity index (χ2v) is 9.62. The molecule has 0 aromatic heterocycles. The number of hydrogen-bond acceptors (Lipinski definition) is 5. The van der Waals surface area contributed by atoms with E-state index in [-0.39, 0.29) is 5.70 Å². The highest BCUT2D eigenvalue weighted by Gasteiger charge is 2.25. The fourth-order valence-electron chi connectivity index (χ4n) is 3.33. The molecule has 33 heavy (non-hydrogen) atoms. The van der Waals surface area contributed by atoms with Gasteiger partial charge in [-0.3, -0.25) is 0 Å². The Balaban J connectivity index is 1.63. The molecule has 168 valence electrons. The molecular formula is C26H21I2NO4. The SMILES string of the molecule is CCOc1cc(/C=C2\N=C(c3ccccc3C)OC2=O)cc(I)c1OCc1ccccc1I. The van der Waals surface area contributed by atoms with Crippen molar-refractivity contribution in [1.29, 1.82) is 0 Å². The number of cyclic esters (lactones) is 1. The number of esters is 1. The molecule has 1 aliphatic rings. The molecule has 3 aromatic carbocycles. The summed E-state index contributed by atoms with van der Waals surface area (Å²) in [5, 5.41) is 0. The molecule has 0 bridgehead atoms. The fourth-order valence-corrected chi connectivity index (χ4v) is 4.66. The highest BCUT2D eigenvalue weighted by molar-refractivity contribution is 14.1. The minimum absolute atomic E-state index is 0.249. The van der Waals surface area contributed by atoms with Crippen LogP contribution in [0.1, 0.15) is 29.2 Å². The molecule has 0 N–H and O–H groups in total. The quantitative estimate of drug-likeness (QED) is 0.164. The lowest BCUT2D eigenvalue weighted by Crippen LogP contribution is -2.06. The molecule has 1 heterocycles. The van der Waals surface area contributed by atoms with Crippen LogP contribution in [0, 0.1) is 14.1 Å². The molecule has 0 fully saturated rings. The Labute approximate surface area is 220 Å². The summed E-state index contributed by atoms with van der Waals surface area (Å²) in [7, 11) is 0. The molecule has 5 nitrogen and oxygen atoms in total. The van der Waals surface area contributed by atoms with Crippen molar-refractivity contribution in [3.05, 3.63) is 95.8 Å². The first-order valence-corrected chi connectivity index (χ1v) is 12.5. The summed E-state index contributed by atoms with van der Waals surface area (Å²) in [4.78, 5) is 16.9. The molecule has 0 unspecified atom stereocenters. The number of rotatable bonds is 7. The van der Waals surface area contributed by atoms with Crippen molar-refractivity contribution in [2.45, 2.75) is 20.5 Å². The molecule has 0 spiro atoms. The van der Waals surface area contributed by atoms with E-state index in [0.717, 1.165) is 29.4 Å². The van der Waals surface area contributed by atoms with Crippen molar-refractivity contribution in [3.63, 3.8) is 0 Å². The van der Waals surface area contributed by atoms with Crippen molar-refractivity contribution < 1.29 is 19.0 Å². The van der Waals surface area contributed by atoms with Crippen LogP contribution in [0.25, 0.3) is 6.08 Å². The number of hydrogen-bond donors (Lipinski definition) is 0. The Morgan fingerprint density at radius 2 is 1.76 bits per heavy atom. The van der Waals surface area contributed by atoms with E-state index in [4.69, 9.17) is 14.2 Å². The zero-order valence-corrected chi connectivity index (χ0v) is 22.4. The van der Waals surface area contributed by atoms with Crippen LogP contribution in [-0.4, -0.2) is 18.5 Å². The van der Waals surface area contributed by atoms with E-state index in [1.54, 1.807) is 6.08 Å². The first-order valence-electron chi connectivity index (χ1n) is 10.4. The normalized spacial score (nSPS) is 14.2. The zero-order valence-electron chi connectivity index (χ0n) is 18.1. The van der Waals surface area contributed by atoms with Gasteiger partial charge in [-0.05, 0) is 100 Å². The summed E-state index contributed by atoms with van der Waals surface area (Å²) in [6, 6.07) is 19.6. The summed E-state index contributed by atoms with van der Waals surface area (Å²) in [6.07, 6.45) is 1.71. The van der Waals surface area contributed by atoms with Gasteiger partial charge in [-0.25, -0.2) is 9.79 Å². The highest BCUT2D eigenvalue weighted by Crippen LogP contribution is 2.36. The van der Waals surface area contributed by atoms with Gasteiger partial charge in [0.05, 0.1) is 10.2 Å². The minimum atomic E-state index is -0.472. The molecule has 0 radical (unpaired) electrons. The summed E-state index contributed by atoms with van der Waals surface area (Å²) in [6.45, 7) is 4.81. The summed E-state index contributed by atoms with van der Waals surface area (Å²) >= 11 is 4.53. The molecule has 0 saturated heterocycles. The number of ether oxygens (including phenoxy) is 3. The maximum Gasteiger partial charge on any atom is 0.363 e. The molecular weight excluding hydrogens is 644 g/mol. The first kappa shape index (κ1) is 23.7. The third kappa shape index (κ3) is 5.57. The average Bonchev–Trinajstić information content (AvgIpc) is 3.14. The van der Waals surface area contributed by atoms with E-state index >= 15 is 0 Å². The maximum atomic E-state index is 12.5. The van der Waals surface area contributed by atoms with Gasteiger partial charge >= 0.3 is 5.97 Å². The number of carbonyl (C=O) groups excluding carboxylic acids is 1. The van der Waals surface area contributed by atoms with Crippen molar-refractivity contribution in [2.24, 2.45) is 4.99 Å². The lowest BCUT2D eigenvalue weighted by Gasteiger charge is -2.15. The topological polar surface area (TPSA) is 57.1 Å². The van der Waals surface area contributed by atoms with Gasteiger partial charge in [0, 0.05) is 14.7 Å². The van der Waals surface area contributed by atoms with Crippen LogP contribution in [-0.2, 0) is 16.1 Å². The Hall–Kier alpha value is -2.40. The Morgan fingerprint density at radius 1 is 1.00 bits per heavy atom. The molecule has 3 aromatic rings. The van der Waals surface area contributed by atoms with Crippen molar-refractivity contribution in [2.75, 3.05) is 6.61 Å². The third-order valence-electron chi connectivity index (χ3n) is 4.96. The number of benzene rings is 3. The minimum Gasteiger partial charge on any atom is -0.490 e. The van der Waals surface area contributed by atoms with Crippen LogP contribution >= 0.6 is 45.2 Å². The smallest absolute Gasteiger partial charge is 0.363 e. The second-order valence-electron chi connectivity index (χ2n) is 7.29. The summed E-state index contributed by atoms with van der Waals surface area (Å²) < 4.78 is 19.5. The molecule has 0 saturated carbocycles. The standard InChI is InChI=1S/C26H21I2NO4/c1-3-31-23-14-17(12-21(28)24(23)32-15-18-9-5-7-11-20(18)27)13-22-26(30)33-25(29-22)19-10-6-4-8-16(19)2/h4-14H,3,15H2,1-2H3/b22-13-. The van der Waals surface area contributed by atoms with Gasteiger partial charge in [0.2, 0.25) is 5.90 Å². The highest BCUT2D eigenvalue weighted by atomic mass is 127. The van der Waals surface area contributed by atoms with Gasteiger partial charge in [0.25, 0.3) is 0 Å². The number of aryl methyl sites for hydroxylation is 1. The Bertz CT molecular complexity index is 1270. The van der Waals surface area contributed by atoms with E-state index < -0.39 is 5.97 Å². The van der Waals surface area contributed by atoms with E-state index in [9.17, 15) is 4.79 Å². The molecule has 0 aliphatic carbocycles. The number of halogens is 2. The van der Waals surface area contributed by atoms with Crippen molar-refractivity contribution in [1.82, 2.24) is 0 Å². The predicted octanol–water partition coefficient (Wildman–Crippen LogP) is 6.53. The molecule has 7 heteroatoms.